The first-order chi connectivity index (χ1) is 6.68. The first-order valence-electron chi connectivity index (χ1n) is 4.58. The molecule has 0 spiro atoms. The summed E-state index contributed by atoms with van der Waals surface area (Å²) in [5, 5.41) is 11.9. The Morgan fingerprint density at radius 3 is 2.71 bits per heavy atom. The molecule has 1 heterocycles. The van der Waals surface area contributed by atoms with Crippen molar-refractivity contribution in [2.24, 2.45) is 0 Å². The van der Waals surface area contributed by atoms with Crippen molar-refractivity contribution in [2.45, 2.75) is 25.9 Å². The van der Waals surface area contributed by atoms with Gasteiger partial charge in [0.15, 0.2) is 5.82 Å². The van der Waals surface area contributed by atoms with Gasteiger partial charge in [0, 0.05) is 6.54 Å². The lowest BCUT2D eigenvalue weighted by molar-refractivity contribution is 0.183. The Bertz CT molecular complexity index is 263. The summed E-state index contributed by atoms with van der Waals surface area (Å²) >= 11 is 0. The number of hydrogen-bond donors (Lipinski definition) is 2. The molecule has 1 atom stereocenters. The van der Waals surface area contributed by atoms with Crippen molar-refractivity contribution in [3.05, 3.63) is 18.2 Å². The Balaban J connectivity index is 2.21. The Morgan fingerprint density at radius 1 is 1.50 bits per heavy atom. The molecule has 0 aliphatic carbocycles. The number of halogens is 1. The normalized spacial score (nSPS) is 12.5. The second-order valence-corrected chi connectivity index (χ2v) is 3.14. The van der Waals surface area contributed by atoms with Gasteiger partial charge in [0.2, 0.25) is 5.95 Å². The van der Waals surface area contributed by atoms with E-state index in [9.17, 15) is 4.39 Å². The summed E-state index contributed by atoms with van der Waals surface area (Å²) in [5.74, 6) is -0.0310. The number of nitrogens with one attached hydrogen (secondary N) is 1. The van der Waals surface area contributed by atoms with Crippen LogP contribution >= 0.6 is 0 Å². The minimum atomic E-state index is -0.445. The molecule has 0 saturated heterocycles. The minimum Gasteiger partial charge on any atom is -0.393 e. The minimum absolute atomic E-state index is 0.286. The van der Waals surface area contributed by atoms with Crippen molar-refractivity contribution < 1.29 is 9.50 Å². The van der Waals surface area contributed by atoms with Crippen LogP contribution in [0.3, 0.4) is 0 Å². The van der Waals surface area contributed by atoms with Gasteiger partial charge in [-0.3, -0.25) is 0 Å². The van der Waals surface area contributed by atoms with Crippen molar-refractivity contribution >= 4 is 5.95 Å². The maximum atomic E-state index is 12.4. The highest BCUT2D eigenvalue weighted by Crippen LogP contribution is 2.00. The zero-order valence-corrected chi connectivity index (χ0v) is 8.07. The van der Waals surface area contributed by atoms with Gasteiger partial charge in [-0.15, -0.1) is 0 Å². The van der Waals surface area contributed by atoms with Crippen molar-refractivity contribution in [1.82, 2.24) is 9.97 Å². The van der Waals surface area contributed by atoms with Crippen molar-refractivity contribution in [1.29, 1.82) is 0 Å². The molecule has 0 saturated carbocycles. The van der Waals surface area contributed by atoms with Gasteiger partial charge in [-0.1, -0.05) is 0 Å². The molecule has 14 heavy (non-hydrogen) atoms. The van der Waals surface area contributed by atoms with Gasteiger partial charge in [-0.05, 0) is 19.8 Å². The average molecular weight is 199 g/mol. The van der Waals surface area contributed by atoms with E-state index in [1.807, 2.05) is 0 Å². The molecule has 0 aromatic carbocycles. The molecule has 78 valence electrons. The van der Waals surface area contributed by atoms with E-state index in [-0.39, 0.29) is 6.10 Å². The third-order valence-electron chi connectivity index (χ3n) is 1.70. The lowest BCUT2D eigenvalue weighted by atomic mass is 10.2. The highest BCUT2D eigenvalue weighted by atomic mass is 19.1. The van der Waals surface area contributed by atoms with E-state index in [2.05, 4.69) is 15.3 Å². The Kier molecular flexibility index (Phi) is 4.25. The Morgan fingerprint density at radius 2 is 2.14 bits per heavy atom. The van der Waals surface area contributed by atoms with E-state index in [1.165, 1.54) is 0 Å². The lowest BCUT2D eigenvalue weighted by Gasteiger charge is -2.05. The molecule has 0 aliphatic heterocycles. The second-order valence-electron chi connectivity index (χ2n) is 3.14. The van der Waals surface area contributed by atoms with Gasteiger partial charge in [0.05, 0.1) is 18.5 Å². The average Bonchev–Trinajstić information content (AvgIpc) is 2.15. The fourth-order valence-electron chi connectivity index (χ4n) is 1.00. The van der Waals surface area contributed by atoms with E-state index in [0.29, 0.717) is 12.5 Å². The van der Waals surface area contributed by atoms with Crippen LogP contribution in [-0.2, 0) is 0 Å². The third-order valence-corrected chi connectivity index (χ3v) is 1.70. The van der Waals surface area contributed by atoms with Crippen LogP contribution < -0.4 is 5.32 Å². The van der Waals surface area contributed by atoms with Crippen molar-refractivity contribution in [2.75, 3.05) is 11.9 Å². The SMILES string of the molecule is CC(O)CCCNc1ncc(F)cn1. The van der Waals surface area contributed by atoms with Crippen LogP contribution in [0.2, 0.25) is 0 Å². The molecule has 0 amide bonds. The standard InChI is InChI=1S/C9H14FN3O/c1-7(14)3-2-4-11-9-12-5-8(10)6-13-9/h5-7,14H,2-4H2,1H3,(H,11,12,13). The molecule has 0 fully saturated rings. The molecule has 5 heteroatoms. The summed E-state index contributed by atoms with van der Waals surface area (Å²) in [6, 6.07) is 0. The van der Waals surface area contributed by atoms with Gasteiger partial charge >= 0.3 is 0 Å². The molecular formula is C9H14FN3O. The van der Waals surface area contributed by atoms with E-state index in [4.69, 9.17) is 5.11 Å². The number of anilines is 1. The summed E-state index contributed by atoms with van der Waals surface area (Å²) < 4.78 is 12.4. The maximum absolute atomic E-state index is 12.4. The van der Waals surface area contributed by atoms with Gasteiger partial charge in [-0.25, -0.2) is 14.4 Å². The fraction of sp³-hybridized carbons (Fsp3) is 0.556. The summed E-state index contributed by atoms with van der Waals surface area (Å²) in [5.41, 5.74) is 0. The highest BCUT2D eigenvalue weighted by Gasteiger charge is 1.97. The first-order valence-corrected chi connectivity index (χ1v) is 4.58. The van der Waals surface area contributed by atoms with Crippen LogP contribution in [0.25, 0.3) is 0 Å². The van der Waals surface area contributed by atoms with Gasteiger partial charge in [-0.2, -0.15) is 0 Å². The van der Waals surface area contributed by atoms with E-state index in [1.54, 1.807) is 6.92 Å². The molecule has 1 unspecified atom stereocenters. The molecule has 0 bridgehead atoms. The number of nitrogens with zero attached hydrogens (tertiary/aromatic N) is 2. The smallest absolute Gasteiger partial charge is 0.222 e. The molecule has 4 nitrogen and oxygen atoms in total. The summed E-state index contributed by atoms with van der Waals surface area (Å²) in [6.07, 6.45) is 3.51. The van der Waals surface area contributed by atoms with Crippen LogP contribution in [0.4, 0.5) is 10.3 Å². The first kappa shape index (κ1) is 10.8. The van der Waals surface area contributed by atoms with Gasteiger partial charge in [0.25, 0.3) is 0 Å². The monoisotopic (exact) mass is 199 g/mol. The summed E-state index contributed by atoms with van der Waals surface area (Å²) in [4.78, 5) is 7.47. The predicted molar refractivity (Wildman–Crippen MR) is 51.4 cm³/mol. The van der Waals surface area contributed by atoms with Crippen LogP contribution in [-0.4, -0.2) is 27.7 Å². The maximum Gasteiger partial charge on any atom is 0.222 e. The number of rotatable bonds is 5. The molecule has 1 aromatic rings. The zero-order valence-electron chi connectivity index (χ0n) is 8.07. The number of aromatic nitrogens is 2. The number of aliphatic hydroxyl groups excluding tert-OH is 1. The van der Waals surface area contributed by atoms with E-state index >= 15 is 0 Å². The second kappa shape index (κ2) is 5.49. The topological polar surface area (TPSA) is 58.0 Å². The quantitative estimate of drug-likeness (QED) is 0.699. The number of hydrogen-bond acceptors (Lipinski definition) is 4. The fourth-order valence-corrected chi connectivity index (χ4v) is 1.00. The Labute approximate surface area is 82.2 Å². The van der Waals surface area contributed by atoms with Crippen molar-refractivity contribution in [3.63, 3.8) is 0 Å². The predicted octanol–water partition coefficient (Wildman–Crippen LogP) is 1.19. The summed E-state index contributed by atoms with van der Waals surface area (Å²) in [7, 11) is 0. The molecule has 0 aliphatic rings. The van der Waals surface area contributed by atoms with E-state index < -0.39 is 5.82 Å². The van der Waals surface area contributed by atoms with Crippen LogP contribution in [0.15, 0.2) is 12.4 Å². The molecular weight excluding hydrogens is 185 g/mol. The highest BCUT2D eigenvalue weighted by molar-refractivity contribution is 5.21. The molecule has 1 aromatic heterocycles. The van der Waals surface area contributed by atoms with Crippen LogP contribution in [0.5, 0.6) is 0 Å². The largest absolute Gasteiger partial charge is 0.393 e. The lowest BCUT2D eigenvalue weighted by Crippen LogP contribution is -2.08. The van der Waals surface area contributed by atoms with Gasteiger partial charge < -0.3 is 10.4 Å². The van der Waals surface area contributed by atoms with Gasteiger partial charge in [0.1, 0.15) is 0 Å². The zero-order chi connectivity index (χ0) is 10.4. The number of aliphatic hydroxyl groups is 1. The van der Waals surface area contributed by atoms with Crippen LogP contribution in [0, 0.1) is 5.82 Å². The molecule has 2 N–H and O–H groups in total. The van der Waals surface area contributed by atoms with Crippen molar-refractivity contribution in [3.8, 4) is 0 Å². The molecule has 1 rings (SSSR count). The summed E-state index contributed by atoms with van der Waals surface area (Å²) in [6.45, 7) is 2.42. The van der Waals surface area contributed by atoms with Crippen LogP contribution in [0.1, 0.15) is 19.8 Å². The molecule has 0 radical (unpaired) electrons. The van der Waals surface area contributed by atoms with E-state index in [0.717, 1.165) is 25.2 Å². The third kappa shape index (κ3) is 4.13. The Hall–Kier alpha value is -1.23.